The molecule has 7 heteroatoms. The lowest BCUT2D eigenvalue weighted by Gasteiger charge is -2.22. The lowest BCUT2D eigenvalue weighted by atomic mass is 10.1. The van der Waals surface area contributed by atoms with E-state index in [9.17, 15) is 8.76 Å². The number of anilines is 1. The Balaban J connectivity index is 1.94. The Bertz CT molecular complexity index is 548. The van der Waals surface area contributed by atoms with Crippen LogP contribution in [-0.4, -0.2) is 33.3 Å². The number of benzene rings is 1. The number of hydrogen-bond acceptors (Lipinski definition) is 2. The van der Waals surface area contributed by atoms with Gasteiger partial charge >= 0.3 is 0 Å². The van der Waals surface area contributed by atoms with Crippen molar-refractivity contribution >= 4 is 49.2 Å². The van der Waals surface area contributed by atoms with Crippen molar-refractivity contribution in [3.8, 4) is 0 Å². The van der Waals surface area contributed by atoms with Crippen molar-refractivity contribution in [2.24, 2.45) is 0 Å². The number of thiocarbonyl (C=S) groups is 1. The minimum absolute atomic E-state index is 0.0151. The molecule has 1 aromatic carbocycles. The molecule has 0 aliphatic carbocycles. The Labute approximate surface area is 120 Å². The lowest BCUT2D eigenvalue weighted by Crippen LogP contribution is -2.37. The smallest absolute Gasteiger partial charge is 0.218 e. The van der Waals surface area contributed by atoms with Gasteiger partial charge in [0.25, 0.3) is 0 Å². The number of rotatable bonds is 1. The van der Waals surface area contributed by atoms with Gasteiger partial charge in [-0.2, -0.15) is 4.55 Å². The van der Waals surface area contributed by atoms with E-state index in [2.05, 4.69) is 21.2 Å². The molecule has 0 aromatic heterocycles. The van der Waals surface area contributed by atoms with E-state index in [1.165, 1.54) is 0 Å². The molecule has 1 aromatic rings. The largest absolute Gasteiger partial charge is 0.352 e. The van der Waals surface area contributed by atoms with Crippen LogP contribution in [0.5, 0.6) is 0 Å². The zero-order valence-corrected chi connectivity index (χ0v) is 12.6. The quantitative estimate of drug-likeness (QED) is 0.600. The molecule has 1 unspecified atom stereocenters. The van der Waals surface area contributed by atoms with Gasteiger partial charge in [-0.15, -0.1) is 0 Å². The third-order valence-electron chi connectivity index (χ3n) is 3.30. The third-order valence-corrected chi connectivity index (χ3v) is 5.89. The summed E-state index contributed by atoms with van der Waals surface area (Å²) in [6.07, 6.45) is 0. The molecule has 3 atom stereocenters. The van der Waals surface area contributed by atoms with Crippen LogP contribution in [0.25, 0.3) is 0 Å². The van der Waals surface area contributed by atoms with Crippen molar-refractivity contribution in [1.82, 2.24) is 5.32 Å². The molecule has 0 amide bonds. The Morgan fingerprint density at radius 2 is 2.06 bits per heavy atom. The molecule has 0 bridgehead atoms. The van der Waals surface area contributed by atoms with E-state index >= 15 is 0 Å². The highest BCUT2D eigenvalue weighted by molar-refractivity contribution is 9.10. The van der Waals surface area contributed by atoms with Gasteiger partial charge in [0.15, 0.2) is 16.6 Å². The summed E-state index contributed by atoms with van der Waals surface area (Å²) >= 11 is 8.70. The van der Waals surface area contributed by atoms with Crippen molar-refractivity contribution in [3.05, 3.63) is 28.7 Å². The topological polar surface area (TPSA) is 52.6 Å². The van der Waals surface area contributed by atoms with Crippen LogP contribution in [0.15, 0.2) is 28.7 Å². The lowest BCUT2D eigenvalue weighted by molar-refractivity contribution is 0.502. The second-order valence-corrected chi connectivity index (χ2v) is 8.09. The number of nitrogens with zero attached hydrogens (tertiary/aromatic N) is 1. The van der Waals surface area contributed by atoms with E-state index in [4.69, 9.17) is 12.2 Å². The summed E-state index contributed by atoms with van der Waals surface area (Å²) in [5, 5.41) is 3.78. The monoisotopic (exact) mass is 347 g/mol. The molecule has 2 fully saturated rings. The summed E-state index contributed by atoms with van der Waals surface area (Å²) in [6, 6.07) is 7.76. The zero-order valence-electron chi connectivity index (χ0n) is 9.38. The fourth-order valence-corrected chi connectivity index (χ4v) is 5.10. The van der Waals surface area contributed by atoms with E-state index in [1.807, 2.05) is 29.2 Å². The van der Waals surface area contributed by atoms with Gasteiger partial charge in [-0.25, -0.2) is 0 Å². The molecule has 2 heterocycles. The Morgan fingerprint density at radius 1 is 1.39 bits per heavy atom. The van der Waals surface area contributed by atoms with Gasteiger partial charge in [-0.3, -0.25) is 0 Å². The molecule has 18 heavy (non-hydrogen) atoms. The summed E-state index contributed by atoms with van der Waals surface area (Å²) in [5.74, 6) is 0.561. The maximum absolute atomic E-state index is 11.8. The molecular formula is C11H12BrN2O2S2+. The first-order chi connectivity index (χ1) is 8.46. The van der Waals surface area contributed by atoms with Gasteiger partial charge in [-0.1, -0.05) is 20.1 Å². The van der Waals surface area contributed by atoms with E-state index in [0.717, 1.165) is 10.2 Å². The summed E-state index contributed by atoms with van der Waals surface area (Å²) in [4.78, 5) is 1.95. The van der Waals surface area contributed by atoms with Crippen LogP contribution >= 0.6 is 28.1 Å². The summed E-state index contributed by atoms with van der Waals surface area (Å²) in [7, 11) is -2.70. The Hall–Kier alpha value is -0.500. The van der Waals surface area contributed by atoms with Crippen LogP contribution in [0.4, 0.5) is 5.69 Å². The molecule has 0 saturated carbocycles. The first kappa shape index (κ1) is 12.5. The van der Waals surface area contributed by atoms with Crippen LogP contribution in [0.3, 0.4) is 0 Å². The molecule has 2 saturated heterocycles. The highest BCUT2D eigenvalue weighted by Crippen LogP contribution is 2.31. The first-order valence-electron chi connectivity index (χ1n) is 5.53. The summed E-state index contributed by atoms with van der Waals surface area (Å²) < 4.78 is 22.5. The van der Waals surface area contributed by atoms with Gasteiger partial charge < -0.3 is 10.2 Å². The number of fused-ring (bicyclic) bond motifs is 1. The Kier molecular flexibility index (Phi) is 2.97. The van der Waals surface area contributed by atoms with Crippen molar-refractivity contribution in [2.45, 2.75) is 12.1 Å². The van der Waals surface area contributed by atoms with Crippen LogP contribution < -0.4 is 10.2 Å². The average molecular weight is 348 g/mol. The van der Waals surface area contributed by atoms with Crippen LogP contribution in [-0.2, 0) is 14.4 Å². The normalized spacial score (nSPS) is 34.6. The molecule has 2 aliphatic rings. The third kappa shape index (κ3) is 2.09. The average Bonchev–Trinajstić information content (AvgIpc) is 2.70. The Morgan fingerprint density at radius 3 is 2.72 bits per heavy atom. The van der Waals surface area contributed by atoms with Gasteiger partial charge in [-0.05, 0) is 36.5 Å². The van der Waals surface area contributed by atoms with Gasteiger partial charge in [0, 0.05) is 10.2 Å². The maximum Gasteiger partial charge on any atom is 0.218 e. The molecule has 2 N–H and O–H groups in total. The molecule has 0 radical (unpaired) electrons. The molecule has 96 valence electrons. The maximum atomic E-state index is 11.8. The first-order valence-corrected chi connectivity index (χ1v) is 8.59. The highest BCUT2D eigenvalue weighted by Gasteiger charge is 2.54. The standard InChI is InChI=1S/C11H11BrN2O2S2/c12-7-1-3-8(4-2-7)14-10-6-18(15,16)5-9(10)13-11(14)17/h1-4,9-10H,5-6H2,(H-,13,15,16,17)/p+1/t9-,10-/m0/s1. The van der Waals surface area contributed by atoms with E-state index in [0.29, 0.717) is 5.11 Å². The second kappa shape index (κ2) is 4.26. The number of hydrogen-bond donors (Lipinski definition) is 2. The molecular weight excluding hydrogens is 336 g/mol. The minimum atomic E-state index is -2.70. The molecule has 0 spiro atoms. The second-order valence-electron chi connectivity index (χ2n) is 4.58. The van der Waals surface area contributed by atoms with Gasteiger partial charge in [0.05, 0.1) is 0 Å². The highest BCUT2D eigenvalue weighted by atomic mass is 79.9. The fraction of sp³-hybridized carbons (Fsp3) is 0.364. The molecule has 4 nitrogen and oxygen atoms in total. The molecule has 3 rings (SSSR count). The van der Waals surface area contributed by atoms with Crippen molar-refractivity contribution < 1.29 is 8.76 Å². The van der Waals surface area contributed by atoms with Gasteiger partial charge in [0.1, 0.15) is 12.1 Å². The van der Waals surface area contributed by atoms with E-state index < -0.39 is 10.2 Å². The van der Waals surface area contributed by atoms with Crippen LogP contribution in [0, 0.1) is 0 Å². The SMILES string of the molecule is O=[S+]1(O)C[C@@H]2NC(=S)N(c3ccc(Br)cc3)[C@H]2C1. The van der Waals surface area contributed by atoms with Crippen LogP contribution in [0.2, 0.25) is 0 Å². The molecule has 2 aliphatic heterocycles. The van der Waals surface area contributed by atoms with Crippen molar-refractivity contribution in [2.75, 3.05) is 16.4 Å². The zero-order chi connectivity index (χ0) is 12.9. The fourth-order valence-electron chi connectivity index (χ4n) is 2.52. The minimum Gasteiger partial charge on any atom is -0.352 e. The predicted molar refractivity (Wildman–Crippen MR) is 80.3 cm³/mol. The van der Waals surface area contributed by atoms with Crippen molar-refractivity contribution in [1.29, 1.82) is 0 Å². The van der Waals surface area contributed by atoms with Gasteiger partial charge in [0.2, 0.25) is 10.2 Å². The van der Waals surface area contributed by atoms with Crippen molar-refractivity contribution in [3.63, 3.8) is 0 Å². The predicted octanol–water partition coefficient (Wildman–Crippen LogP) is 1.87. The van der Waals surface area contributed by atoms with E-state index in [-0.39, 0.29) is 23.6 Å². The number of nitrogens with one attached hydrogen (secondary N) is 1. The van der Waals surface area contributed by atoms with E-state index in [1.54, 1.807) is 0 Å². The summed E-state index contributed by atoms with van der Waals surface area (Å²) in [6.45, 7) is 0. The number of halogens is 1. The summed E-state index contributed by atoms with van der Waals surface area (Å²) in [5.41, 5.74) is 0.959. The van der Waals surface area contributed by atoms with Crippen LogP contribution in [0.1, 0.15) is 0 Å².